The van der Waals surface area contributed by atoms with Gasteiger partial charge in [0.25, 0.3) is 0 Å². The van der Waals surface area contributed by atoms with Gasteiger partial charge in [0.15, 0.2) is 0 Å². The average Bonchev–Trinajstić information content (AvgIpc) is 3.46. The molecule has 0 amide bonds. The van der Waals surface area contributed by atoms with Crippen molar-refractivity contribution in [2.75, 3.05) is 6.54 Å². The van der Waals surface area contributed by atoms with Crippen molar-refractivity contribution in [3.05, 3.63) is 84.4 Å². The molecule has 10 heteroatoms. The summed E-state index contributed by atoms with van der Waals surface area (Å²) in [6.07, 6.45) is -3.11. The van der Waals surface area contributed by atoms with Crippen molar-refractivity contribution in [3.8, 4) is 28.4 Å². The molecular formula is C25H21F3N4O3. The van der Waals surface area contributed by atoms with E-state index in [1.54, 1.807) is 6.20 Å². The first kappa shape index (κ1) is 23.0. The maximum Gasteiger partial charge on any atom is 0.573 e. The highest BCUT2D eigenvalue weighted by Gasteiger charge is 2.36. The van der Waals surface area contributed by atoms with E-state index in [4.69, 9.17) is 4.52 Å². The van der Waals surface area contributed by atoms with Crippen molar-refractivity contribution in [3.63, 3.8) is 0 Å². The standard InChI is InChI=1S/C25H21F3N4O3/c26-25(27,28)34-20-10-8-18(9-11-20)23-30-24(35-31-23)22-13-19(33)15-32(22)14-16-4-6-17(7-5-16)21-3-1-2-12-29-21/h1-12,19,22,33H,13-15H2. The van der Waals surface area contributed by atoms with Gasteiger partial charge in [-0.25, -0.2) is 0 Å². The number of aliphatic hydroxyl groups is 1. The van der Waals surface area contributed by atoms with Gasteiger partial charge in [-0.3, -0.25) is 9.88 Å². The summed E-state index contributed by atoms with van der Waals surface area (Å²) in [6.45, 7) is 1.03. The van der Waals surface area contributed by atoms with Crippen molar-refractivity contribution in [2.45, 2.75) is 31.5 Å². The van der Waals surface area contributed by atoms with Gasteiger partial charge in [-0.05, 0) is 48.4 Å². The van der Waals surface area contributed by atoms with E-state index < -0.39 is 12.5 Å². The molecule has 7 nitrogen and oxygen atoms in total. The normalized spacial score (nSPS) is 18.6. The van der Waals surface area contributed by atoms with Crippen LogP contribution in [0.3, 0.4) is 0 Å². The molecule has 0 aliphatic carbocycles. The molecule has 3 heterocycles. The third-order valence-electron chi connectivity index (χ3n) is 5.75. The Morgan fingerprint density at radius 3 is 2.43 bits per heavy atom. The molecule has 4 aromatic rings. The first-order chi connectivity index (χ1) is 16.8. The van der Waals surface area contributed by atoms with E-state index in [-0.39, 0.29) is 17.6 Å². The van der Waals surface area contributed by atoms with Gasteiger partial charge in [-0.2, -0.15) is 4.98 Å². The van der Waals surface area contributed by atoms with E-state index in [1.807, 2.05) is 42.5 Å². The van der Waals surface area contributed by atoms with Gasteiger partial charge in [-0.15, -0.1) is 13.2 Å². The molecule has 1 fully saturated rings. The van der Waals surface area contributed by atoms with E-state index in [0.717, 1.165) is 16.8 Å². The molecule has 0 saturated carbocycles. The summed E-state index contributed by atoms with van der Waals surface area (Å²) < 4.78 is 46.5. The Bertz CT molecular complexity index is 1260. The second kappa shape index (κ2) is 9.47. The van der Waals surface area contributed by atoms with Crippen LogP contribution in [0, 0.1) is 0 Å². The Labute approximate surface area is 198 Å². The van der Waals surface area contributed by atoms with Crippen LogP contribution in [0.15, 0.2) is 77.4 Å². The number of ether oxygens (including phenoxy) is 1. The second-order valence-electron chi connectivity index (χ2n) is 8.28. The van der Waals surface area contributed by atoms with Gasteiger partial charge in [0.05, 0.1) is 17.8 Å². The van der Waals surface area contributed by atoms with Gasteiger partial charge in [0.2, 0.25) is 11.7 Å². The van der Waals surface area contributed by atoms with Crippen LogP contribution in [0.25, 0.3) is 22.6 Å². The molecule has 1 N–H and O–H groups in total. The highest BCUT2D eigenvalue weighted by Crippen LogP contribution is 2.34. The van der Waals surface area contributed by atoms with Crippen molar-refractivity contribution in [1.82, 2.24) is 20.0 Å². The summed E-state index contributed by atoms with van der Waals surface area (Å²) in [5.41, 5.74) is 3.46. The molecule has 2 atom stereocenters. The smallest absolute Gasteiger partial charge is 0.406 e. The highest BCUT2D eigenvalue weighted by molar-refractivity contribution is 5.59. The number of rotatable bonds is 6. The Kier molecular flexibility index (Phi) is 6.23. The van der Waals surface area contributed by atoms with Crippen LogP contribution >= 0.6 is 0 Å². The molecule has 0 spiro atoms. The lowest BCUT2D eigenvalue weighted by Gasteiger charge is -2.21. The fourth-order valence-electron chi connectivity index (χ4n) is 4.15. The lowest BCUT2D eigenvalue weighted by atomic mass is 10.1. The number of likely N-dealkylation sites (tertiary alicyclic amines) is 1. The van der Waals surface area contributed by atoms with Gasteiger partial charge in [0.1, 0.15) is 5.75 Å². The Morgan fingerprint density at radius 1 is 1.00 bits per heavy atom. The molecule has 35 heavy (non-hydrogen) atoms. The predicted octanol–water partition coefficient (Wildman–Crippen LogP) is 5.01. The Morgan fingerprint density at radius 2 is 1.74 bits per heavy atom. The zero-order chi connectivity index (χ0) is 24.4. The second-order valence-corrected chi connectivity index (χ2v) is 8.28. The van der Waals surface area contributed by atoms with Crippen LogP contribution in [0.4, 0.5) is 13.2 Å². The third kappa shape index (κ3) is 5.50. The fraction of sp³-hybridized carbons (Fsp3) is 0.240. The SMILES string of the molecule is OC1CC(c2nc(-c3ccc(OC(F)(F)F)cc3)no2)N(Cc2ccc(-c3ccccn3)cc2)C1. The van der Waals surface area contributed by atoms with Crippen LogP contribution in [0.2, 0.25) is 0 Å². The lowest BCUT2D eigenvalue weighted by molar-refractivity contribution is -0.274. The van der Waals surface area contributed by atoms with Crippen molar-refractivity contribution < 1.29 is 27.5 Å². The molecule has 1 aliphatic heterocycles. The highest BCUT2D eigenvalue weighted by atomic mass is 19.4. The van der Waals surface area contributed by atoms with E-state index in [0.29, 0.717) is 31.0 Å². The molecule has 2 aromatic heterocycles. The summed E-state index contributed by atoms with van der Waals surface area (Å²) in [6, 6.07) is 18.8. The van der Waals surface area contributed by atoms with Crippen LogP contribution in [0.5, 0.6) is 5.75 Å². The Balaban J connectivity index is 1.29. The lowest BCUT2D eigenvalue weighted by Crippen LogP contribution is -2.24. The van der Waals surface area contributed by atoms with E-state index in [9.17, 15) is 18.3 Å². The summed E-state index contributed by atoms with van der Waals surface area (Å²) in [7, 11) is 0. The number of hydrogen-bond acceptors (Lipinski definition) is 7. The first-order valence-electron chi connectivity index (χ1n) is 11.0. The molecule has 0 radical (unpaired) electrons. The number of β-amino-alcohol motifs (C(OH)–C–C–N with tert-alkyl or cyclic N) is 1. The van der Waals surface area contributed by atoms with Crippen LogP contribution < -0.4 is 4.74 Å². The fourth-order valence-corrected chi connectivity index (χ4v) is 4.15. The molecule has 2 unspecified atom stereocenters. The quantitative estimate of drug-likeness (QED) is 0.414. The number of alkyl halides is 3. The number of pyridine rings is 1. The summed E-state index contributed by atoms with van der Waals surface area (Å²) in [5, 5.41) is 14.3. The number of halogens is 3. The van der Waals surface area contributed by atoms with E-state index in [1.165, 1.54) is 24.3 Å². The first-order valence-corrected chi connectivity index (χ1v) is 11.0. The number of nitrogens with zero attached hydrogens (tertiary/aromatic N) is 4. The molecule has 2 aromatic carbocycles. The number of hydrogen-bond donors (Lipinski definition) is 1. The maximum atomic E-state index is 12.4. The van der Waals surface area contributed by atoms with Gasteiger partial charge >= 0.3 is 6.36 Å². The molecule has 1 aliphatic rings. The minimum absolute atomic E-state index is 0.250. The van der Waals surface area contributed by atoms with E-state index >= 15 is 0 Å². The summed E-state index contributed by atoms with van der Waals surface area (Å²) in [4.78, 5) is 10.9. The van der Waals surface area contributed by atoms with Gasteiger partial charge in [-0.1, -0.05) is 35.5 Å². The molecular weight excluding hydrogens is 461 g/mol. The average molecular weight is 482 g/mol. The van der Waals surface area contributed by atoms with Crippen LogP contribution in [-0.4, -0.2) is 44.1 Å². The Hall–Kier alpha value is -3.76. The minimum Gasteiger partial charge on any atom is -0.406 e. The molecule has 180 valence electrons. The number of aromatic nitrogens is 3. The molecule has 5 rings (SSSR count). The van der Waals surface area contributed by atoms with Crippen molar-refractivity contribution in [1.29, 1.82) is 0 Å². The van der Waals surface area contributed by atoms with Crippen LogP contribution in [-0.2, 0) is 6.54 Å². The van der Waals surface area contributed by atoms with Crippen molar-refractivity contribution in [2.24, 2.45) is 0 Å². The number of benzene rings is 2. The monoisotopic (exact) mass is 482 g/mol. The third-order valence-corrected chi connectivity index (χ3v) is 5.75. The molecule has 0 bridgehead atoms. The zero-order valence-corrected chi connectivity index (χ0v) is 18.4. The topological polar surface area (TPSA) is 84.5 Å². The minimum atomic E-state index is -4.76. The predicted molar refractivity (Wildman–Crippen MR) is 120 cm³/mol. The number of aliphatic hydroxyl groups excluding tert-OH is 1. The van der Waals surface area contributed by atoms with E-state index in [2.05, 4.69) is 24.8 Å². The van der Waals surface area contributed by atoms with Crippen molar-refractivity contribution >= 4 is 0 Å². The van der Waals surface area contributed by atoms with Gasteiger partial charge in [0, 0.05) is 30.4 Å². The molecule has 1 saturated heterocycles. The zero-order valence-electron chi connectivity index (χ0n) is 18.4. The largest absolute Gasteiger partial charge is 0.573 e. The van der Waals surface area contributed by atoms with Crippen LogP contribution in [0.1, 0.15) is 23.9 Å². The maximum absolute atomic E-state index is 12.4. The summed E-state index contributed by atoms with van der Waals surface area (Å²) in [5.74, 6) is 0.265. The summed E-state index contributed by atoms with van der Waals surface area (Å²) >= 11 is 0. The van der Waals surface area contributed by atoms with Gasteiger partial charge < -0.3 is 14.4 Å².